The Balaban J connectivity index is 1.42. The van der Waals surface area contributed by atoms with Gasteiger partial charge in [-0.15, -0.1) is 0 Å². The molecule has 3 aromatic rings. The summed E-state index contributed by atoms with van der Waals surface area (Å²) in [5.74, 6) is 0.615. The monoisotopic (exact) mass is 436 g/mol. The number of likely N-dealkylation sites (tertiary alicyclic amines) is 1. The summed E-state index contributed by atoms with van der Waals surface area (Å²) in [5.41, 5.74) is 1.34. The molecule has 0 saturated carbocycles. The number of rotatable bonds is 7. The highest BCUT2D eigenvalue weighted by atomic mass is 16.6. The summed E-state index contributed by atoms with van der Waals surface area (Å²) < 4.78 is 6.67. The van der Waals surface area contributed by atoms with Gasteiger partial charge in [-0.25, -0.2) is 9.61 Å². The summed E-state index contributed by atoms with van der Waals surface area (Å²) in [6.45, 7) is 4.92. The topological polar surface area (TPSA) is 106 Å². The van der Waals surface area contributed by atoms with Gasteiger partial charge in [-0.3, -0.25) is 9.59 Å². The third kappa shape index (κ3) is 4.42. The smallest absolute Gasteiger partial charge is 0.246 e. The van der Waals surface area contributed by atoms with Crippen LogP contribution in [0.2, 0.25) is 0 Å². The van der Waals surface area contributed by atoms with Crippen LogP contribution in [0.3, 0.4) is 0 Å². The number of amides is 2. The molecule has 1 fully saturated rings. The van der Waals surface area contributed by atoms with Crippen molar-refractivity contribution in [2.75, 3.05) is 6.54 Å². The molecular formula is C23H28N6O3. The van der Waals surface area contributed by atoms with Crippen LogP contribution in [0.1, 0.15) is 44.0 Å². The number of aryl methyl sites for hydroxylation is 2. The molecule has 1 N–H and O–H groups in total. The molecule has 1 saturated heterocycles. The fraction of sp³-hybridized carbons (Fsp3) is 0.435. The van der Waals surface area contributed by atoms with Gasteiger partial charge in [0.2, 0.25) is 11.8 Å². The van der Waals surface area contributed by atoms with E-state index in [1.165, 1.54) is 0 Å². The third-order valence-electron chi connectivity index (χ3n) is 6.16. The van der Waals surface area contributed by atoms with Crippen molar-refractivity contribution in [3.63, 3.8) is 0 Å². The number of piperidine rings is 1. The zero-order chi connectivity index (χ0) is 22.6. The molecule has 0 bridgehead atoms. The van der Waals surface area contributed by atoms with Gasteiger partial charge in [-0.1, -0.05) is 40.6 Å². The van der Waals surface area contributed by atoms with Crippen LogP contribution >= 0.6 is 0 Å². The molecule has 1 aromatic carbocycles. The lowest BCUT2D eigenvalue weighted by Gasteiger charge is -2.43. The van der Waals surface area contributed by atoms with Crippen molar-refractivity contribution < 1.29 is 14.2 Å². The molecule has 168 valence electrons. The molecule has 2 aromatic heterocycles. The maximum Gasteiger partial charge on any atom is 0.246 e. The molecule has 1 aliphatic heterocycles. The Hall–Kier alpha value is -3.49. The van der Waals surface area contributed by atoms with Crippen LogP contribution < -0.4 is 5.32 Å². The van der Waals surface area contributed by atoms with Crippen molar-refractivity contribution in [3.05, 3.63) is 54.1 Å². The molecule has 1 aliphatic rings. The minimum atomic E-state index is -0.891. The molecule has 1 atom stereocenters. The number of imidazole rings is 1. The Bertz CT molecular complexity index is 1080. The summed E-state index contributed by atoms with van der Waals surface area (Å²) in [6.07, 6.45) is 6.34. The molecule has 0 radical (unpaired) electrons. The Kier molecular flexibility index (Phi) is 6.34. The molecule has 9 heteroatoms. The van der Waals surface area contributed by atoms with Crippen LogP contribution in [0.15, 0.2) is 47.4 Å². The summed E-state index contributed by atoms with van der Waals surface area (Å²) in [5, 5.41) is 10.5. The Morgan fingerprint density at radius 1 is 1.19 bits per heavy atom. The first-order valence-electron chi connectivity index (χ1n) is 10.9. The van der Waals surface area contributed by atoms with Crippen molar-refractivity contribution in [2.24, 2.45) is 0 Å². The molecule has 2 amide bonds. The van der Waals surface area contributed by atoms with Crippen molar-refractivity contribution in [3.8, 4) is 11.4 Å². The van der Waals surface area contributed by atoms with Gasteiger partial charge in [0.05, 0.1) is 6.54 Å². The van der Waals surface area contributed by atoms with E-state index in [-0.39, 0.29) is 18.4 Å². The maximum absolute atomic E-state index is 13.2. The second kappa shape index (κ2) is 9.33. The largest absolute Gasteiger partial charge is 0.348 e. The maximum atomic E-state index is 13.2. The SMILES string of the molecule is Cc1nonc1CNC(=O)[C@]1(C)CCCCN1C(=O)CCn1ccnc1-c1ccccc1. The number of benzene rings is 1. The van der Waals surface area contributed by atoms with E-state index in [2.05, 4.69) is 20.6 Å². The highest BCUT2D eigenvalue weighted by Crippen LogP contribution is 2.29. The van der Waals surface area contributed by atoms with E-state index in [0.717, 1.165) is 24.2 Å². The second-order valence-electron chi connectivity index (χ2n) is 8.32. The number of aromatic nitrogens is 4. The molecule has 0 unspecified atom stereocenters. The van der Waals surface area contributed by atoms with E-state index in [9.17, 15) is 9.59 Å². The van der Waals surface area contributed by atoms with E-state index < -0.39 is 5.54 Å². The first-order valence-corrected chi connectivity index (χ1v) is 10.9. The summed E-state index contributed by atoms with van der Waals surface area (Å²) >= 11 is 0. The highest BCUT2D eigenvalue weighted by Gasteiger charge is 2.43. The second-order valence-corrected chi connectivity index (χ2v) is 8.32. The van der Waals surface area contributed by atoms with E-state index in [1.807, 2.05) is 48.0 Å². The van der Waals surface area contributed by atoms with Crippen LogP contribution in [-0.2, 0) is 22.7 Å². The van der Waals surface area contributed by atoms with E-state index in [4.69, 9.17) is 4.63 Å². The average Bonchev–Trinajstić information content (AvgIpc) is 3.45. The number of hydrogen-bond acceptors (Lipinski definition) is 6. The van der Waals surface area contributed by atoms with Crippen LogP contribution in [0.25, 0.3) is 11.4 Å². The molecule has 9 nitrogen and oxygen atoms in total. The quantitative estimate of drug-likeness (QED) is 0.610. The van der Waals surface area contributed by atoms with Crippen molar-refractivity contribution >= 4 is 11.8 Å². The van der Waals surface area contributed by atoms with E-state index >= 15 is 0 Å². The molecule has 32 heavy (non-hydrogen) atoms. The van der Waals surface area contributed by atoms with Gasteiger partial charge in [-0.2, -0.15) is 0 Å². The summed E-state index contributed by atoms with van der Waals surface area (Å²) in [6, 6.07) is 9.89. The molecule has 4 rings (SSSR count). The Morgan fingerprint density at radius 3 is 2.75 bits per heavy atom. The lowest BCUT2D eigenvalue weighted by molar-refractivity contribution is -0.150. The van der Waals surface area contributed by atoms with Gasteiger partial charge in [0, 0.05) is 37.5 Å². The van der Waals surface area contributed by atoms with Crippen LogP contribution in [0.4, 0.5) is 0 Å². The Labute approximate surface area is 186 Å². The van der Waals surface area contributed by atoms with Crippen LogP contribution in [0.5, 0.6) is 0 Å². The number of carbonyl (C=O) groups excluding carboxylic acids is 2. The fourth-order valence-corrected chi connectivity index (χ4v) is 4.21. The van der Waals surface area contributed by atoms with E-state index in [0.29, 0.717) is 37.3 Å². The van der Waals surface area contributed by atoms with Gasteiger partial charge in [0.25, 0.3) is 0 Å². The predicted octanol–water partition coefficient (Wildman–Crippen LogP) is 2.72. The first-order chi connectivity index (χ1) is 15.5. The van der Waals surface area contributed by atoms with Crippen LogP contribution in [0, 0.1) is 6.92 Å². The number of nitrogens with zero attached hydrogens (tertiary/aromatic N) is 5. The lowest BCUT2D eigenvalue weighted by Crippen LogP contribution is -2.60. The Morgan fingerprint density at radius 2 is 2.00 bits per heavy atom. The zero-order valence-electron chi connectivity index (χ0n) is 18.5. The van der Waals surface area contributed by atoms with E-state index in [1.54, 1.807) is 18.0 Å². The van der Waals surface area contributed by atoms with Gasteiger partial charge in [-0.05, 0) is 33.1 Å². The standard InChI is InChI=1S/C23H28N6O3/c1-17-19(27-32-26-17)16-25-22(31)23(2)11-6-7-13-29(23)20(30)10-14-28-15-12-24-21(28)18-8-4-3-5-9-18/h3-5,8-9,12,15H,6-7,10-11,13-14,16H2,1-2H3,(H,25,31)/t23-/m0/s1. The fourth-order valence-electron chi connectivity index (χ4n) is 4.21. The van der Waals surface area contributed by atoms with Crippen molar-refractivity contribution in [2.45, 2.75) is 58.2 Å². The van der Waals surface area contributed by atoms with Crippen LogP contribution in [-0.4, -0.2) is 48.7 Å². The van der Waals surface area contributed by atoms with Gasteiger partial charge >= 0.3 is 0 Å². The zero-order valence-corrected chi connectivity index (χ0v) is 18.5. The van der Waals surface area contributed by atoms with Crippen molar-refractivity contribution in [1.29, 1.82) is 0 Å². The number of carbonyl (C=O) groups is 2. The van der Waals surface area contributed by atoms with Gasteiger partial charge < -0.3 is 14.8 Å². The molecular weight excluding hydrogens is 408 g/mol. The van der Waals surface area contributed by atoms with Gasteiger partial charge in [0.15, 0.2) is 0 Å². The summed E-state index contributed by atoms with van der Waals surface area (Å²) in [7, 11) is 0. The predicted molar refractivity (Wildman–Crippen MR) is 117 cm³/mol. The minimum absolute atomic E-state index is 0.0330. The molecule has 3 heterocycles. The number of hydrogen-bond donors (Lipinski definition) is 1. The average molecular weight is 437 g/mol. The highest BCUT2D eigenvalue weighted by molar-refractivity contribution is 5.91. The molecule has 0 spiro atoms. The number of nitrogens with one attached hydrogen (secondary N) is 1. The minimum Gasteiger partial charge on any atom is -0.348 e. The third-order valence-corrected chi connectivity index (χ3v) is 6.16. The molecule has 0 aliphatic carbocycles. The first kappa shape index (κ1) is 21.7. The lowest BCUT2D eigenvalue weighted by atomic mass is 9.87. The van der Waals surface area contributed by atoms with Gasteiger partial charge in [0.1, 0.15) is 22.8 Å². The normalized spacial score (nSPS) is 18.5. The van der Waals surface area contributed by atoms with Crippen molar-refractivity contribution in [1.82, 2.24) is 30.1 Å². The summed E-state index contributed by atoms with van der Waals surface area (Å²) in [4.78, 5) is 32.5.